The highest BCUT2D eigenvalue weighted by Gasteiger charge is 2.43. The summed E-state index contributed by atoms with van der Waals surface area (Å²) in [6.07, 6.45) is 4.51. The third-order valence-corrected chi connectivity index (χ3v) is 4.42. The van der Waals surface area contributed by atoms with Gasteiger partial charge in [0.05, 0.1) is 6.04 Å². The molecule has 2 fully saturated rings. The number of nitrogens with one attached hydrogen (secondary N) is 1. The predicted octanol–water partition coefficient (Wildman–Crippen LogP) is 2.76. The normalized spacial score (nSPS) is 27.7. The number of benzene rings is 1. The molecule has 2 unspecified atom stereocenters. The van der Waals surface area contributed by atoms with E-state index in [0.717, 1.165) is 19.3 Å². The molecule has 0 bridgehead atoms. The summed E-state index contributed by atoms with van der Waals surface area (Å²) < 4.78 is 0. The topological polar surface area (TPSA) is 32.3 Å². The fourth-order valence-corrected chi connectivity index (χ4v) is 3.09. The summed E-state index contributed by atoms with van der Waals surface area (Å²) in [7, 11) is 0. The van der Waals surface area contributed by atoms with Gasteiger partial charge in [-0.15, -0.1) is 0 Å². The number of carbonyl (C=O) groups excluding carboxylic acids is 1. The first kappa shape index (κ1) is 12.7. The van der Waals surface area contributed by atoms with E-state index in [4.69, 9.17) is 0 Å². The van der Waals surface area contributed by atoms with E-state index in [2.05, 4.69) is 48.3 Å². The van der Waals surface area contributed by atoms with Crippen LogP contribution < -0.4 is 5.32 Å². The molecule has 3 nitrogen and oxygen atoms in total. The summed E-state index contributed by atoms with van der Waals surface area (Å²) in [6.45, 7) is 4.18. The van der Waals surface area contributed by atoms with Crippen LogP contribution in [0.4, 0.5) is 0 Å². The molecule has 1 heterocycles. The number of amides is 1. The van der Waals surface area contributed by atoms with Gasteiger partial charge in [-0.3, -0.25) is 10.1 Å². The van der Waals surface area contributed by atoms with Crippen LogP contribution in [0.1, 0.15) is 49.9 Å². The molecule has 1 saturated carbocycles. The molecule has 1 amide bonds. The molecular formula is C16H22N2O. The quantitative estimate of drug-likeness (QED) is 0.904. The van der Waals surface area contributed by atoms with Gasteiger partial charge in [0.15, 0.2) is 0 Å². The van der Waals surface area contributed by atoms with Gasteiger partial charge in [-0.1, -0.05) is 36.8 Å². The second-order valence-corrected chi connectivity index (χ2v) is 5.77. The lowest BCUT2D eigenvalue weighted by molar-refractivity contribution is -0.134. The maximum absolute atomic E-state index is 12.5. The summed E-state index contributed by atoms with van der Waals surface area (Å²) in [5.41, 5.74) is 2.47. The Morgan fingerprint density at radius 1 is 1.37 bits per heavy atom. The molecule has 0 aromatic heterocycles. The highest BCUT2D eigenvalue weighted by Crippen LogP contribution is 2.36. The van der Waals surface area contributed by atoms with E-state index in [1.54, 1.807) is 0 Å². The van der Waals surface area contributed by atoms with Crippen LogP contribution in [0.25, 0.3) is 0 Å². The Morgan fingerprint density at radius 2 is 2.16 bits per heavy atom. The first-order valence-corrected chi connectivity index (χ1v) is 7.35. The summed E-state index contributed by atoms with van der Waals surface area (Å²) in [4.78, 5) is 14.6. The number of carbonyl (C=O) groups is 1. The van der Waals surface area contributed by atoms with E-state index >= 15 is 0 Å². The summed E-state index contributed by atoms with van der Waals surface area (Å²) in [5, 5.41) is 3.51. The molecule has 102 valence electrons. The molecular weight excluding hydrogens is 236 g/mol. The van der Waals surface area contributed by atoms with Crippen LogP contribution >= 0.6 is 0 Å². The zero-order chi connectivity index (χ0) is 13.4. The van der Waals surface area contributed by atoms with Crippen molar-refractivity contribution in [1.29, 1.82) is 0 Å². The van der Waals surface area contributed by atoms with Crippen LogP contribution in [-0.2, 0) is 4.79 Å². The van der Waals surface area contributed by atoms with Gasteiger partial charge >= 0.3 is 0 Å². The minimum atomic E-state index is -0.00823. The smallest absolute Gasteiger partial charge is 0.241 e. The molecule has 0 radical (unpaired) electrons. The highest BCUT2D eigenvalue weighted by molar-refractivity contribution is 5.85. The number of hydrogen-bond donors (Lipinski definition) is 1. The Morgan fingerprint density at radius 3 is 2.74 bits per heavy atom. The lowest BCUT2D eigenvalue weighted by Crippen LogP contribution is -2.44. The standard InChI is InChI=1S/C16H22N2O/c1-3-14-16(19)18(13-8-5-9-13)15(17-14)12-7-4-6-11(2)10-12/h4,6-7,10,13-15,17H,3,5,8-9H2,1-2H3. The lowest BCUT2D eigenvalue weighted by atomic mass is 9.90. The van der Waals surface area contributed by atoms with Gasteiger partial charge in [0, 0.05) is 6.04 Å². The summed E-state index contributed by atoms with van der Waals surface area (Å²) >= 11 is 0. The molecule has 2 atom stereocenters. The van der Waals surface area contributed by atoms with Crippen LogP contribution in [0.15, 0.2) is 24.3 Å². The molecule has 1 saturated heterocycles. The summed E-state index contributed by atoms with van der Waals surface area (Å²) in [6, 6.07) is 8.93. The first-order chi connectivity index (χ1) is 9.20. The Bertz CT molecular complexity index is 481. The Kier molecular flexibility index (Phi) is 3.31. The minimum absolute atomic E-state index is 0.00823. The van der Waals surface area contributed by atoms with Gasteiger partial charge < -0.3 is 4.90 Å². The SMILES string of the molecule is CCC1NC(c2cccc(C)c2)N(C2CCC2)C1=O. The van der Waals surface area contributed by atoms with Crippen molar-refractivity contribution < 1.29 is 4.79 Å². The number of nitrogens with zero attached hydrogens (tertiary/aromatic N) is 1. The van der Waals surface area contributed by atoms with Crippen molar-refractivity contribution >= 4 is 5.91 Å². The van der Waals surface area contributed by atoms with Crippen LogP contribution in [0, 0.1) is 6.92 Å². The molecule has 19 heavy (non-hydrogen) atoms. The van der Waals surface area contributed by atoms with E-state index in [1.807, 2.05) is 0 Å². The third-order valence-electron chi connectivity index (χ3n) is 4.42. The molecule has 2 aliphatic rings. The van der Waals surface area contributed by atoms with E-state index < -0.39 is 0 Å². The molecule has 1 aromatic carbocycles. The molecule has 3 rings (SSSR count). The highest BCUT2D eigenvalue weighted by atomic mass is 16.2. The summed E-state index contributed by atoms with van der Waals surface area (Å²) in [5.74, 6) is 0.290. The van der Waals surface area contributed by atoms with Gasteiger partial charge in [-0.25, -0.2) is 0 Å². The van der Waals surface area contributed by atoms with Crippen molar-refractivity contribution in [2.24, 2.45) is 0 Å². The van der Waals surface area contributed by atoms with E-state index in [0.29, 0.717) is 11.9 Å². The first-order valence-electron chi connectivity index (χ1n) is 7.35. The fourth-order valence-electron chi connectivity index (χ4n) is 3.09. The third kappa shape index (κ3) is 2.16. The van der Waals surface area contributed by atoms with Crippen molar-refractivity contribution in [1.82, 2.24) is 10.2 Å². The minimum Gasteiger partial charge on any atom is -0.319 e. The number of aryl methyl sites for hydroxylation is 1. The van der Waals surface area contributed by atoms with Crippen LogP contribution in [0.3, 0.4) is 0 Å². The monoisotopic (exact) mass is 258 g/mol. The number of hydrogen-bond acceptors (Lipinski definition) is 2. The fraction of sp³-hybridized carbons (Fsp3) is 0.562. The van der Waals surface area contributed by atoms with Gasteiger partial charge in [0.2, 0.25) is 5.91 Å². The molecule has 1 aromatic rings. The second-order valence-electron chi connectivity index (χ2n) is 5.77. The van der Waals surface area contributed by atoms with E-state index in [9.17, 15) is 4.79 Å². The van der Waals surface area contributed by atoms with Gasteiger partial charge in [0.25, 0.3) is 0 Å². The molecule has 0 spiro atoms. The Labute approximate surface area is 115 Å². The zero-order valence-electron chi connectivity index (χ0n) is 11.7. The predicted molar refractivity (Wildman–Crippen MR) is 75.6 cm³/mol. The molecule has 3 heteroatoms. The number of rotatable bonds is 3. The van der Waals surface area contributed by atoms with Crippen LogP contribution in [-0.4, -0.2) is 22.9 Å². The second kappa shape index (κ2) is 4.97. The maximum atomic E-state index is 12.5. The van der Waals surface area contributed by atoms with Crippen molar-refractivity contribution in [2.75, 3.05) is 0 Å². The van der Waals surface area contributed by atoms with Crippen LogP contribution in [0.2, 0.25) is 0 Å². The van der Waals surface area contributed by atoms with Gasteiger partial charge in [-0.2, -0.15) is 0 Å². The molecule has 1 aliphatic heterocycles. The molecule has 1 N–H and O–H groups in total. The largest absolute Gasteiger partial charge is 0.319 e. The van der Waals surface area contributed by atoms with Crippen molar-refractivity contribution in [2.45, 2.75) is 57.8 Å². The molecule has 1 aliphatic carbocycles. The van der Waals surface area contributed by atoms with E-state index in [-0.39, 0.29) is 12.2 Å². The lowest BCUT2D eigenvalue weighted by Gasteiger charge is -2.38. The van der Waals surface area contributed by atoms with Gasteiger partial charge in [-0.05, 0) is 38.2 Å². The zero-order valence-corrected chi connectivity index (χ0v) is 11.7. The Hall–Kier alpha value is -1.35. The van der Waals surface area contributed by atoms with Crippen molar-refractivity contribution in [3.8, 4) is 0 Å². The van der Waals surface area contributed by atoms with Crippen LogP contribution in [0.5, 0.6) is 0 Å². The maximum Gasteiger partial charge on any atom is 0.241 e. The van der Waals surface area contributed by atoms with Gasteiger partial charge in [0.1, 0.15) is 6.17 Å². The average Bonchev–Trinajstić information content (AvgIpc) is 2.65. The van der Waals surface area contributed by atoms with E-state index in [1.165, 1.54) is 17.5 Å². The van der Waals surface area contributed by atoms with Crippen molar-refractivity contribution in [3.63, 3.8) is 0 Å². The van der Waals surface area contributed by atoms with Crippen molar-refractivity contribution in [3.05, 3.63) is 35.4 Å². The Balaban J connectivity index is 1.91. The average molecular weight is 258 g/mol.